The van der Waals surface area contributed by atoms with Gasteiger partial charge in [-0.2, -0.15) is 0 Å². The van der Waals surface area contributed by atoms with Crippen molar-refractivity contribution in [2.24, 2.45) is 5.41 Å². The maximum atomic E-state index is 11.7. The van der Waals surface area contributed by atoms with Crippen LogP contribution in [-0.4, -0.2) is 44.6 Å². The molecule has 0 aliphatic rings. The molecular formula is C15H25N3O2. The molecule has 5 heteroatoms. The second kappa shape index (κ2) is 7.14. The van der Waals surface area contributed by atoms with E-state index in [4.69, 9.17) is 10.5 Å². The molecule has 1 aromatic carbocycles. The Bertz CT molecular complexity index is 427. The van der Waals surface area contributed by atoms with Crippen molar-refractivity contribution in [3.8, 4) is 5.75 Å². The minimum atomic E-state index is -0.117. The normalized spacial score (nSPS) is 11.4. The lowest BCUT2D eigenvalue weighted by Crippen LogP contribution is -2.41. The summed E-state index contributed by atoms with van der Waals surface area (Å²) in [5.41, 5.74) is 6.28. The minimum absolute atomic E-state index is 0.0158. The van der Waals surface area contributed by atoms with Gasteiger partial charge in [-0.25, -0.2) is 0 Å². The van der Waals surface area contributed by atoms with Gasteiger partial charge in [0.1, 0.15) is 5.75 Å². The Labute approximate surface area is 121 Å². The molecule has 0 atom stereocenters. The molecule has 112 valence electrons. The fourth-order valence-corrected chi connectivity index (χ4v) is 2.01. The summed E-state index contributed by atoms with van der Waals surface area (Å²) in [7, 11) is 4.04. The van der Waals surface area contributed by atoms with E-state index in [1.165, 1.54) is 0 Å². The maximum absolute atomic E-state index is 11.7. The number of nitrogens with two attached hydrogens (primary N) is 1. The topological polar surface area (TPSA) is 67.6 Å². The van der Waals surface area contributed by atoms with Crippen LogP contribution in [0.2, 0.25) is 0 Å². The lowest BCUT2D eigenvalue weighted by Gasteiger charge is -2.28. The van der Waals surface area contributed by atoms with Crippen molar-refractivity contribution in [1.82, 2.24) is 10.2 Å². The molecular weight excluding hydrogens is 254 g/mol. The lowest BCUT2D eigenvalue weighted by atomic mass is 9.93. The maximum Gasteiger partial charge on any atom is 0.257 e. The van der Waals surface area contributed by atoms with E-state index in [1.807, 2.05) is 14.1 Å². The predicted octanol–water partition coefficient (Wildman–Crippen LogP) is 1.35. The highest BCUT2D eigenvalue weighted by Gasteiger charge is 2.19. The number of ether oxygens (including phenoxy) is 1. The highest BCUT2D eigenvalue weighted by Crippen LogP contribution is 2.14. The van der Waals surface area contributed by atoms with E-state index < -0.39 is 0 Å². The summed E-state index contributed by atoms with van der Waals surface area (Å²) >= 11 is 0. The molecule has 0 saturated carbocycles. The van der Waals surface area contributed by atoms with Gasteiger partial charge in [-0.3, -0.25) is 4.79 Å². The van der Waals surface area contributed by atoms with Gasteiger partial charge < -0.3 is 20.7 Å². The molecule has 0 spiro atoms. The van der Waals surface area contributed by atoms with Gasteiger partial charge in [0.05, 0.1) is 0 Å². The van der Waals surface area contributed by atoms with Gasteiger partial charge in [-0.15, -0.1) is 0 Å². The van der Waals surface area contributed by atoms with Crippen LogP contribution in [0, 0.1) is 5.41 Å². The number of hydrogen-bond acceptors (Lipinski definition) is 4. The molecule has 0 aromatic heterocycles. The third kappa shape index (κ3) is 6.43. The van der Waals surface area contributed by atoms with E-state index in [1.54, 1.807) is 24.3 Å². The molecule has 5 nitrogen and oxygen atoms in total. The molecule has 3 N–H and O–H groups in total. The van der Waals surface area contributed by atoms with Gasteiger partial charge in [0, 0.05) is 18.8 Å². The first-order valence-electron chi connectivity index (χ1n) is 6.68. The Morgan fingerprint density at radius 1 is 1.30 bits per heavy atom. The van der Waals surface area contributed by atoms with Crippen molar-refractivity contribution in [1.29, 1.82) is 0 Å². The Kier molecular flexibility index (Phi) is 5.82. The molecule has 0 heterocycles. The van der Waals surface area contributed by atoms with Crippen LogP contribution in [0.5, 0.6) is 5.75 Å². The fraction of sp³-hybridized carbons (Fsp3) is 0.533. The van der Waals surface area contributed by atoms with Gasteiger partial charge in [-0.1, -0.05) is 13.8 Å². The molecule has 1 aromatic rings. The van der Waals surface area contributed by atoms with Crippen molar-refractivity contribution in [3.63, 3.8) is 0 Å². The Morgan fingerprint density at radius 3 is 2.45 bits per heavy atom. The van der Waals surface area contributed by atoms with E-state index in [0.29, 0.717) is 18.0 Å². The predicted molar refractivity (Wildman–Crippen MR) is 81.7 cm³/mol. The fourth-order valence-electron chi connectivity index (χ4n) is 2.01. The van der Waals surface area contributed by atoms with Crippen LogP contribution in [-0.2, 0) is 4.79 Å². The van der Waals surface area contributed by atoms with E-state index in [-0.39, 0.29) is 17.9 Å². The summed E-state index contributed by atoms with van der Waals surface area (Å²) in [6.07, 6.45) is 0. The molecule has 1 amide bonds. The standard InChI is InChI=1S/C15H25N3O2/c1-15(2,11-18(3)4)10-17-14(19)9-20-13-7-5-12(16)6-8-13/h5-8H,9-11,16H2,1-4H3,(H,17,19). The number of benzene rings is 1. The average Bonchev–Trinajstić information content (AvgIpc) is 2.34. The second-order valence-electron chi connectivity index (χ2n) is 6.04. The average molecular weight is 279 g/mol. The Morgan fingerprint density at radius 2 is 1.90 bits per heavy atom. The number of rotatable bonds is 7. The largest absolute Gasteiger partial charge is 0.484 e. The van der Waals surface area contributed by atoms with Gasteiger partial charge >= 0.3 is 0 Å². The first-order chi connectivity index (χ1) is 9.28. The van der Waals surface area contributed by atoms with E-state index in [0.717, 1.165) is 6.54 Å². The van der Waals surface area contributed by atoms with Crippen molar-refractivity contribution < 1.29 is 9.53 Å². The molecule has 20 heavy (non-hydrogen) atoms. The summed E-state index contributed by atoms with van der Waals surface area (Å²) in [5.74, 6) is 0.524. The number of hydrogen-bond donors (Lipinski definition) is 2. The molecule has 0 aliphatic carbocycles. The first kappa shape index (κ1) is 16.3. The zero-order valence-electron chi connectivity index (χ0n) is 12.8. The third-order valence-corrected chi connectivity index (χ3v) is 2.76. The van der Waals surface area contributed by atoms with Gasteiger partial charge in [0.15, 0.2) is 6.61 Å². The van der Waals surface area contributed by atoms with Crippen molar-refractivity contribution >= 4 is 11.6 Å². The highest BCUT2D eigenvalue weighted by molar-refractivity contribution is 5.77. The number of carbonyl (C=O) groups excluding carboxylic acids is 1. The number of nitrogen functional groups attached to an aromatic ring is 1. The molecule has 0 bridgehead atoms. The zero-order chi connectivity index (χ0) is 15.2. The highest BCUT2D eigenvalue weighted by atomic mass is 16.5. The SMILES string of the molecule is CN(C)CC(C)(C)CNC(=O)COc1ccc(N)cc1. The van der Waals surface area contributed by atoms with Gasteiger partial charge in [-0.05, 0) is 43.8 Å². The Balaban J connectivity index is 2.32. The first-order valence-corrected chi connectivity index (χ1v) is 6.68. The van der Waals surface area contributed by atoms with Crippen molar-refractivity contribution in [2.45, 2.75) is 13.8 Å². The van der Waals surface area contributed by atoms with Crippen LogP contribution in [0.1, 0.15) is 13.8 Å². The Hall–Kier alpha value is -1.75. The van der Waals surface area contributed by atoms with Crippen LogP contribution in [0.3, 0.4) is 0 Å². The van der Waals surface area contributed by atoms with Crippen molar-refractivity contribution in [3.05, 3.63) is 24.3 Å². The van der Waals surface area contributed by atoms with E-state index in [9.17, 15) is 4.79 Å². The minimum Gasteiger partial charge on any atom is -0.484 e. The van der Waals surface area contributed by atoms with Crippen LogP contribution in [0.4, 0.5) is 5.69 Å². The van der Waals surface area contributed by atoms with Crippen LogP contribution < -0.4 is 15.8 Å². The number of anilines is 1. The summed E-state index contributed by atoms with van der Waals surface area (Å²) in [6, 6.07) is 6.98. The molecule has 0 radical (unpaired) electrons. The number of nitrogens with one attached hydrogen (secondary N) is 1. The van der Waals surface area contributed by atoms with E-state index in [2.05, 4.69) is 24.1 Å². The third-order valence-electron chi connectivity index (χ3n) is 2.76. The van der Waals surface area contributed by atoms with Crippen LogP contribution in [0.25, 0.3) is 0 Å². The summed E-state index contributed by atoms with van der Waals surface area (Å²) < 4.78 is 5.39. The molecule has 0 fully saturated rings. The molecule has 0 aliphatic heterocycles. The quantitative estimate of drug-likeness (QED) is 0.739. The molecule has 0 saturated heterocycles. The summed E-state index contributed by atoms with van der Waals surface area (Å²) in [4.78, 5) is 13.8. The van der Waals surface area contributed by atoms with Gasteiger partial charge in [0.25, 0.3) is 5.91 Å². The van der Waals surface area contributed by atoms with Gasteiger partial charge in [0.2, 0.25) is 0 Å². The summed E-state index contributed by atoms with van der Waals surface area (Å²) in [6.45, 7) is 5.78. The lowest BCUT2D eigenvalue weighted by molar-refractivity contribution is -0.123. The van der Waals surface area contributed by atoms with E-state index >= 15 is 0 Å². The smallest absolute Gasteiger partial charge is 0.257 e. The summed E-state index contributed by atoms with van der Waals surface area (Å²) in [5, 5.41) is 2.89. The monoisotopic (exact) mass is 279 g/mol. The molecule has 1 rings (SSSR count). The number of nitrogens with zero attached hydrogens (tertiary/aromatic N) is 1. The zero-order valence-corrected chi connectivity index (χ0v) is 12.8. The number of carbonyl (C=O) groups is 1. The van der Waals surface area contributed by atoms with Crippen LogP contribution >= 0.6 is 0 Å². The van der Waals surface area contributed by atoms with Crippen molar-refractivity contribution in [2.75, 3.05) is 39.5 Å². The second-order valence-corrected chi connectivity index (χ2v) is 6.04. The van der Waals surface area contributed by atoms with Crippen LogP contribution in [0.15, 0.2) is 24.3 Å². The molecule has 0 unspecified atom stereocenters. The number of amides is 1.